The lowest BCUT2D eigenvalue weighted by atomic mass is 9.77. The number of anilines is 6. The number of halogens is 1. The van der Waals surface area contributed by atoms with Crippen molar-refractivity contribution in [1.29, 1.82) is 0 Å². The first-order valence-electron chi connectivity index (χ1n) is 36.3. The van der Waals surface area contributed by atoms with Crippen LogP contribution in [0.3, 0.4) is 0 Å². The highest BCUT2D eigenvalue weighted by Gasteiger charge is 2.52. The predicted octanol–water partition coefficient (Wildman–Crippen LogP) is 25.9. The molecule has 2 heterocycles. The van der Waals surface area contributed by atoms with E-state index in [9.17, 15) is 0 Å². The molecular formula is C97H81BBrN3O2. The molecule has 7 heteroatoms. The van der Waals surface area contributed by atoms with Crippen LogP contribution in [0.15, 0.2) is 332 Å². The standard InChI is InChI=1S/C45H34N2.C33H26BrN.C19H21BO2/c1-45(2)41-14-8-6-12-37(41)38-26-25-36(29-42(38)45)47(34-21-16-31(17-22-34)30-10-4-3-5-11-30)35-23-18-32(19-24-35)33-20-27-44-40(28-33)39-13-7-9-15-43(39)46-44;1-33(2)31-11-7-6-10-29(31)30-21-20-28(22-32(30)33)35(27-18-14-25(34)15-19-27)26-16-12-24(13-17-26)23-8-4-3-5-9-23;1-18(2)19(3,4)22-20(21-18)15-10-9-14-11-13-7-5-6-8-16(13)17(14)12-15/h3-29,46H,1-2H3;3-22H,1-2H3;5-10,12H,11H2,1-4H3. The van der Waals surface area contributed by atoms with Crippen molar-refractivity contribution in [2.45, 2.75) is 83.8 Å². The van der Waals surface area contributed by atoms with E-state index in [1.54, 1.807) is 0 Å². The minimum Gasteiger partial charge on any atom is -0.399 e. The van der Waals surface area contributed by atoms with Gasteiger partial charge in [-0.1, -0.05) is 268 Å². The Morgan fingerprint density at radius 2 is 0.683 bits per heavy atom. The first kappa shape index (κ1) is 66.2. The lowest BCUT2D eigenvalue weighted by Gasteiger charge is -2.32. The van der Waals surface area contributed by atoms with Crippen LogP contribution in [-0.4, -0.2) is 23.3 Å². The summed E-state index contributed by atoms with van der Waals surface area (Å²) in [6, 6.07) is 119. The van der Waals surface area contributed by atoms with Crippen LogP contribution < -0.4 is 15.3 Å². The number of benzene rings is 14. The Morgan fingerprint density at radius 3 is 1.20 bits per heavy atom. The van der Waals surface area contributed by atoms with E-state index in [0.29, 0.717) is 0 Å². The highest BCUT2D eigenvalue weighted by molar-refractivity contribution is 9.10. The smallest absolute Gasteiger partial charge is 0.399 e. The Balaban J connectivity index is 0.000000123. The summed E-state index contributed by atoms with van der Waals surface area (Å²) >= 11 is 3.60. The molecule has 1 saturated heterocycles. The molecular weight excluding hydrogens is 1330 g/mol. The number of para-hydroxylation sites is 1. The molecule has 0 spiro atoms. The van der Waals surface area contributed by atoms with Gasteiger partial charge in [0.25, 0.3) is 0 Å². The summed E-state index contributed by atoms with van der Waals surface area (Å²) in [6.45, 7) is 17.7. The number of aromatic nitrogens is 1. The van der Waals surface area contributed by atoms with Crippen molar-refractivity contribution < 1.29 is 9.31 Å². The SMILES string of the molecule is CC1(C)OB(c2ccc3c(c2)-c2ccccc2C3)OC1(C)C.CC1(C)c2ccccc2-c2ccc(N(c3ccc(-c4ccccc4)cc3)c3ccc(-c4ccc5[nH]c6ccccc6c5c4)cc3)cc21.CC1(C)c2ccccc2-c2ccc(N(c3ccc(Br)cc3)c3ccc(-c4ccccc4)cc3)cc21. The molecule has 1 fully saturated rings. The summed E-state index contributed by atoms with van der Waals surface area (Å²) in [4.78, 5) is 8.29. The van der Waals surface area contributed by atoms with Crippen molar-refractivity contribution in [2.24, 2.45) is 0 Å². The number of aromatic amines is 1. The topological polar surface area (TPSA) is 40.7 Å². The Bertz CT molecular complexity index is 5710. The zero-order valence-corrected chi connectivity index (χ0v) is 61.6. The minimum atomic E-state index is -0.297. The third-order valence-electron chi connectivity index (χ3n) is 22.5. The molecule has 15 aromatic rings. The Hall–Kier alpha value is -11.1. The normalized spacial score (nSPS) is 14.8. The number of nitrogens with zero attached hydrogens (tertiary/aromatic N) is 2. The second kappa shape index (κ2) is 26.3. The largest absolute Gasteiger partial charge is 0.494 e. The van der Waals surface area contributed by atoms with Gasteiger partial charge in [0.1, 0.15) is 0 Å². The number of fused-ring (bicyclic) bond motifs is 12. The fourth-order valence-corrected chi connectivity index (χ4v) is 16.4. The summed E-state index contributed by atoms with van der Waals surface area (Å²) in [5.41, 5.74) is 33.2. The zero-order valence-electron chi connectivity index (χ0n) is 60.1. The van der Waals surface area contributed by atoms with Gasteiger partial charge < -0.3 is 24.1 Å². The van der Waals surface area contributed by atoms with Crippen molar-refractivity contribution in [3.05, 3.63) is 365 Å². The second-order valence-corrected chi connectivity index (χ2v) is 31.0. The van der Waals surface area contributed by atoms with Crippen LogP contribution in [-0.2, 0) is 26.6 Å². The van der Waals surface area contributed by atoms with Gasteiger partial charge in [-0.05, 0) is 243 Å². The first-order valence-corrected chi connectivity index (χ1v) is 37.1. The van der Waals surface area contributed by atoms with Crippen molar-refractivity contribution in [1.82, 2.24) is 4.98 Å². The van der Waals surface area contributed by atoms with Crippen molar-refractivity contribution in [3.8, 4) is 66.8 Å². The molecule has 5 nitrogen and oxygen atoms in total. The molecule has 1 aromatic heterocycles. The van der Waals surface area contributed by atoms with Gasteiger partial charge in [0, 0.05) is 71.2 Å². The molecule has 0 unspecified atom stereocenters. The number of H-pyrrole nitrogens is 1. The Kier molecular flexibility index (Phi) is 16.8. The van der Waals surface area contributed by atoms with Gasteiger partial charge in [-0.2, -0.15) is 0 Å². The van der Waals surface area contributed by atoms with E-state index < -0.39 is 0 Å². The quantitative estimate of drug-likeness (QED) is 0.139. The molecule has 3 aliphatic carbocycles. The highest BCUT2D eigenvalue weighted by Crippen LogP contribution is 2.53. The summed E-state index contributed by atoms with van der Waals surface area (Å²) in [5, 5.41) is 2.51. The van der Waals surface area contributed by atoms with E-state index in [-0.39, 0.29) is 29.2 Å². The van der Waals surface area contributed by atoms with Crippen LogP contribution in [0.5, 0.6) is 0 Å². The summed E-state index contributed by atoms with van der Waals surface area (Å²) in [5.74, 6) is 0. The van der Waals surface area contributed by atoms with Crippen LogP contribution >= 0.6 is 15.9 Å². The number of hydrogen-bond donors (Lipinski definition) is 1. The maximum absolute atomic E-state index is 6.18. The van der Waals surface area contributed by atoms with Gasteiger partial charge in [-0.25, -0.2) is 0 Å². The van der Waals surface area contributed by atoms with Crippen LogP contribution in [0.25, 0.3) is 88.6 Å². The number of nitrogens with one attached hydrogen (secondary N) is 1. The fraction of sp³-hybridized carbons (Fsp3) is 0.134. The molecule has 506 valence electrons. The van der Waals surface area contributed by atoms with Crippen molar-refractivity contribution >= 4 is 84.4 Å². The lowest BCUT2D eigenvalue weighted by molar-refractivity contribution is 0.00578. The number of hydrogen-bond acceptors (Lipinski definition) is 4. The summed E-state index contributed by atoms with van der Waals surface area (Å²) < 4.78 is 13.4. The molecule has 1 N–H and O–H groups in total. The third-order valence-corrected chi connectivity index (χ3v) is 23.0. The fourth-order valence-electron chi connectivity index (χ4n) is 16.1. The lowest BCUT2D eigenvalue weighted by Crippen LogP contribution is -2.41. The van der Waals surface area contributed by atoms with E-state index in [4.69, 9.17) is 9.31 Å². The van der Waals surface area contributed by atoms with Crippen molar-refractivity contribution in [3.63, 3.8) is 0 Å². The second-order valence-electron chi connectivity index (χ2n) is 30.1. The molecule has 19 rings (SSSR count). The molecule has 14 aromatic carbocycles. The summed E-state index contributed by atoms with van der Waals surface area (Å²) in [7, 11) is -0.289. The van der Waals surface area contributed by atoms with Crippen molar-refractivity contribution in [2.75, 3.05) is 9.80 Å². The first-order chi connectivity index (χ1) is 50.4. The Labute approximate surface area is 620 Å². The number of rotatable bonds is 10. The molecule has 0 bridgehead atoms. The van der Waals surface area contributed by atoms with Crippen LogP contribution in [0.2, 0.25) is 0 Å². The molecule has 0 atom stereocenters. The van der Waals surface area contributed by atoms with Gasteiger partial charge >= 0.3 is 7.12 Å². The van der Waals surface area contributed by atoms with Gasteiger partial charge in [0.2, 0.25) is 0 Å². The zero-order chi connectivity index (χ0) is 71.1. The molecule has 0 saturated carbocycles. The average Bonchev–Trinajstić information content (AvgIpc) is 1.61. The monoisotopic (exact) mass is 1410 g/mol. The predicted molar refractivity (Wildman–Crippen MR) is 441 cm³/mol. The van der Waals surface area contributed by atoms with Crippen LogP contribution in [0.1, 0.15) is 88.8 Å². The Morgan fingerprint density at radius 1 is 0.298 bits per heavy atom. The maximum atomic E-state index is 6.18. The van der Waals surface area contributed by atoms with Crippen LogP contribution in [0.4, 0.5) is 34.1 Å². The van der Waals surface area contributed by atoms with E-state index in [0.717, 1.165) is 44.8 Å². The van der Waals surface area contributed by atoms with Gasteiger partial charge in [-0.15, -0.1) is 0 Å². The van der Waals surface area contributed by atoms with Crippen LogP contribution in [0, 0.1) is 0 Å². The maximum Gasteiger partial charge on any atom is 0.494 e. The van der Waals surface area contributed by atoms with E-state index in [1.807, 2.05) is 0 Å². The van der Waals surface area contributed by atoms with E-state index in [1.165, 1.54) is 128 Å². The van der Waals surface area contributed by atoms with Gasteiger partial charge in [-0.3, -0.25) is 0 Å². The molecule has 4 aliphatic rings. The van der Waals surface area contributed by atoms with E-state index in [2.05, 4.69) is 414 Å². The molecule has 0 radical (unpaired) electrons. The minimum absolute atomic E-state index is 0.0372. The molecule has 1 aliphatic heterocycles. The van der Waals surface area contributed by atoms with E-state index >= 15 is 0 Å². The molecule has 0 amide bonds. The van der Waals surface area contributed by atoms with Gasteiger partial charge in [0.15, 0.2) is 0 Å². The summed E-state index contributed by atoms with van der Waals surface area (Å²) in [6.07, 6.45) is 1.02. The highest BCUT2D eigenvalue weighted by atomic mass is 79.9. The van der Waals surface area contributed by atoms with Gasteiger partial charge in [0.05, 0.1) is 11.2 Å². The average molecular weight is 1410 g/mol. The third kappa shape index (κ3) is 12.0. The molecule has 104 heavy (non-hydrogen) atoms.